The first kappa shape index (κ1) is 31.1. The van der Waals surface area contributed by atoms with Crippen LogP contribution < -0.4 is 4.90 Å². The Morgan fingerprint density at radius 2 is 1.00 bits per heavy atom. The Hall–Kier alpha value is -6.70. The van der Waals surface area contributed by atoms with Gasteiger partial charge in [-0.05, 0) is 103 Å². The Balaban J connectivity index is 1.14. The molecule has 1 nitrogen and oxygen atoms in total. The summed E-state index contributed by atoms with van der Waals surface area (Å²) in [6, 6.07) is 75.5. The van der Waals surface area contributed by atoms with E-state index in [0.29, 0.717) is 0 Å². The Morgan fingerprint density at radius 1 is 0.377 bits per heavy atom. The largest absolute Gasteiger partial charge is 0.310 e. The molecule has 0 bridgehead atoms. The molecule has 250 valence electrons. The van der Waals surface area contributed by atoms with Crippen molar-refractivity contribution in [1.29, 1.82) is 0 Å². The maximum atomic E-state index is 2.47. The van der Waals surface area contributed by atoms with Crippen molar-refractivity contribution in [2.75, 3.05) is 4.90 Å². The van der Waals surface area contributed by atoms with E-state index in [9.17, 15) is 0 Å². The molecule has 1 atom stereocenters. The molecule has 1 aliphatic carbocycles. The van der Waals surface area contributed by atoms with E-state index in [4.69, 9.17) is 0 Å². The van der Waals surface area contributed by atoms with E-state index in [2.05, 4.69) is 218 Å². The summed E-state index contributed by atoms with van der Waals surface area (Å²) in [4.78, 5) is 2.47. The van der Waals surface area contributed by atoms with Crippen LogP contribution in [0.4, 0.5) is 17.1 Å². The van der Waals surface area contributed by atoms with Gasteiger partial charge in [-0.25, -0.2) is 0 Å². The molecule has 0 aromatic heterocycles. The van der Waals surface area contributed by atoms with Crippen molar-refractivity contribution in [2.45, 2.75) is 12.3 Å². The Labute approximate surface area is 311 Å². The van der Waals surface area contributed by atoms with Gasteiger partial charge in [0, 0.05) is 22.4 Å². The molecule has 9 aromatic carbocycles. The van der Waals surface area contributed by atoms with Crippen LogP contribution in [-0.4, -0.2) is 0 Å². The third-order valence-corrected chi connectivity index (χ3v) is 11.3. The van der Waals surface area contributed by atoms with Crippen LogP contribution in [0.15, 0.2) is 206 Å². The first-order valence-electron chi connectivity index (χ1n) is 18.4. The quantitative estimate of drug-likeness (QED) is 0.170. The molecule has 1 aliphatic rings. The minimum Gasteiger partial charge on any atom is -0.310 e. The lowest BCUT2D eigenvalue weighted by Crippen LogP contribution is -2.22. The maximum absolute atomic E-state index is 2.47. The van der Waals surface area contributed by atoms with Crippen molar-refractivity contribution >= 4 is 38.6 Å². The number of nitrogens with zero attached hydrogens (tertiary/aromatic N) is 1. The topological polar surface area (TPSA) is 3.24 Å². The van der Waals surface area contributed by atoms with Crippen LogP contribution in [0.3, 0.4) is 0 Å². The molecule has 0 fully saturated rings. The number of anilines is 3. The summed E-state index contributed by atoms with van der Waals surface area (Å²) in [5.74, 6) is 0. The van der Waals surface area contributed by atoms with E-state index in [1.54, 1.807) is 0 Å². The first-order valence-corrected chi connectivity index (χ1v) is 18.4. The average molecular weight is 676 g/mol. The van der Waals surface area contributed by atoms with Crippen LogP contribution in [0, 0.1) is 0 Å². The standard InChI is InChI=1S/C52H37N/c1-52(42-19-3-2-4-20-42)48-25-10-9-23-47(48)51-49(52)26-13-27-50(51)53(44-33-32-36-14-5-6-16-40(36)35-44)43-21-11-18-41(34-43)37-28-30-39(31-29-37)46-24-12-17-38-15-7-8-22-45(38)46/h2-35H,1H3. The molecule has 0 heterocycles. The zero-order valence-corrected chi connectivity index (χ0v) is 29.6. The van der Waals surface area contributed by atoms with Crippen molar-refractivity contribution in [3.63, 3.8) is 0 Å². The fraction of sp³-hybridized carbons (Fsp3) is 0.0385. The van der Waals surface area contributed by atoms with E-state index in [-0.39, 0.29) is 5.41 Å². The fourth-order valence-corrected chi connectivity index (χ4v) is 8.68. The van der Waals surface area contributed by atoms with Crippen LogP contribution in [-0.2, 0) is 5.41 Å². The van der Waals surface area contributed by atoms with Gasteiger partial charge in [0.05, 0.1) is 5.69 Å². The minimum absolute atomic E-state index is 0.286. The minimum atomic E-state index is -0.286. The lowest BCUT2D eigenvalue weighted by molar-refractivity contribution is 0.714. The molecule has 9 aromatic rings. The maximum Gasteiger partial charge on any atom is 0.0543 e. The number of benzene rings is 9. The number of hydrogen-bond donors (Lipinski definition) is 0. The zero-order chi connectivity index (χ0) is 35.4. The molecule has 0 aliphatic heterocycles. The predicted octanol–water partition coefficient (Wildman–Crippen LogP) is 14.1. The fourth-order valence-electron chi connectivity index (χ4n) is 8.68. The van der Waals surface area contributed by atoms with Gasteiger partial charge in [-0.3, -0.25) is 0 Å². The van der Waals surface area contributed by atoms with E-state index in [0.717, 1.165) is 11.4 Å². The van der Waals surface area contributed by atoms with Gasteiger partial charge in [0.25, 0.3) is 0 Å². The highest BCUT2D eigenvalue weighted by Gasteiger charge is 2.42. The second-order valence-electron chi connectivity index (χ2n) is 14.3. The second-order valence-corrected chi connectivity index (χ2v) is 14.3. The van der Waals surface area contributed by atoms with E-state index in [1.807, 2.05) is 0 Å². The van der Waals surface area contributed by atoms with Gasteiger partial charge in [0.2, 0.25) is 0 Å². The van der Waals surface area contributed by atoms with Crippen molar-refractivity contribution in [3.8, 4) is 33.4 Å². The highest BCUT2D eigenvalue weighted by Crippen LogP contribution is 2.56. The van der Waals surface area contributed by atoms with E-state index >= 15 is 0 Å². The molecule has 0 amide bonds. The zero-order valence-electron chi connectivity index (χ0n) is 29.6. The molecular formula is C52H37N. The Morgan fingerprint density at radius 3 is 1.87 bits per heavy atom. The van der Waals surface area contributed by atoms with Gasteiger partial charge < -0.3 is 4.90 Å². The summed E-state index contributed by atoms with van der Waals surface area (Å²) < 4.78 is 0. The molecule has 10 rings (SSSR count). The van der Waals surface area contributed by atoms with Crippen molar-refractivity contribution in [1.82, 2.24) is 0 Å². The van der Waals surface area contributed by atoms with Gasteiger partial charge in [0.15, 0.2) is 0 Å². The van der Waals surface area contributed by atoms with Crippen LogP contribution in [0.1, 0.15) is 23.6 Å². The summed E-state index contributed by atoms with van der Waals surface area (Å²) in [5.41, 5.74) is 14.5. The Bertz CT molecular complexity index is 2790. The second kappa shape index (κ2) is 12.5. The molecule has 0 spiro atoms. The third-order valence-electron chi connectivity index (χ3n) is 11.3. The molecule has 1 heteroatoms. The van der Waals surface area contributed by atoms with E-state index < -0.39 is 0 Å². The van der Waals surface area contributed by atoms with Crippen molar-refractivity contribution in [3.05, 3.63) is 223 Å². The molecule has 0 saturated heterocycles. The number of fused-ring (bicyclic) bond motifs is 5. The lowest BCUT2D eigenvalue weighted by Gasteiger charge is -2.31. The molecule has 0 saturated carbocycles. The van der Waals surface area contributed by atoms with Crippen LogP contribution in [0.25, 0.3) is 54.9 Å². The molecule has 0 radical (unpaired) electrons. The summed E-state index contributed by atoms with van der Waals surface area (Å²) in [6.07, 6.45) is 0. The Kier molecular flexibility index (Phi) is 7.33. The SMILES string of the molecule is CC1(c2ccccc2)c2ccccc2-c2c(N(c3cccc(-c4ccc(-c5cccc6ccccc56)cc4)c3)c3ccc4ccccc4c3)cccc21. The average Bonchev–Trinajstić information content (AvgIpc) is 3.50. The molecular weight excluding hydrogens is 639 g/mol. The van der Waals surface area contributed by atoms with Gasteiger partial charge in [0.1, 0.15) is 0 Å². The summed E-state index contributed by atoms with van der Waals surface area (Å²) >= 11 is 0. The van der Waals surface area contributed by atoms with Gasteiger partial charge in [-0.15, -0.1) is 0 Å². The first-order chi connectivity index (χ1) is 26.2. The highest BCUT2D eigenvalue weighted by atomic mass is 15.1. The van der Waals surface area contributed by atoms with E-state index in [1.165, 1.54) is 77.3 Å². The summed E-state index contributed by atoms with van der Waals surface area (Å²) in [5, 5.41) is 4.99. The normalized spacial score (nSPS) is 14.6. The molecule has 0 N–H and O–H groups in total. The number of hydrogen-bond acceptors (Lipinski definition) is 1. The van der Waals surface area contributed by atoms with Crippen LogP contribution in [0.2, 0.25) is 0 Å². The predicted molar refractivity (Wildman–Crippen MR) is 224 cm³/mol. The van der Waals surface area contributed by atoms with Crippen LogP contribution >= 0.6 is 0 Å². The van der Waals surface area contributed by atoms with Crippen molar-refractivity contribution in [2.24, 2.45) is 0 Å². The van der Waals surface area contributed by atoms with Crippen molar-refractivity contribution < 1.29 is 0 Å². The summed E-state index contributed by atoms with van der Waals surface area (Å²) in [6.45, 7) is 2.39. The van der Waals surface area contributed by atoms with Crippen LogP contribution in [0.5, 0.6) is 0 Å². The monoisotopic (exact) mass is 675 g/mol. The summed E-state index contributed by atoms with van der Waals surface area (Å²) in [7, 11) is 0. The van der Waals surface area contributed by atoms with Gasteiger partial charge >= 0.3 is 0 Å². The lowest BCUT2D eigenvalue weighted by atomic mass is 9.74. The van der Waals surface area contributed by atoms with Gasteiger partial charge in [-0.2, -0.15) is 0 Å². The smallest absolute Gasteiger partial charge is 0.0543 e. The number of rotatable bonds is 6. The van der Waals surface area contributed by atoms with Gasteiger partial charge in [-0.1, -0.05) is 176 Å². The third kappa shape index (κ3) is 5.08. The highest BCUT2D eigenvalue weighted by molar-refractivity contribution is 5.99. The molecule has 1 unspecified atom stereocenters. The molecule has 53 heavy (non-hydrogen) atoms.